The monoisotopic (exact) mass is 200 g/mol. The van der Waals surface area contributed by atoms with Crippen LogP contribution in [0, 0.1) is 6.92 Å². The van der Waals surface area contributed by atoms with Crippen molar-refractivity contribution in [2.75, 3.05) is 11.1 Å². The summed E-state index contributed by atoms with van der Waals surface area (Å²) in [5.74, 6) is 0. The van der Waals surface area contributed by atoms with Crippen molar-refractivity contribution in [1.82, 2.24) is 9.97 Å². The number of nitrogens with two attached hydrogens (primary N) is 1. The first-order valence-electron chi connectivity index (χ1n) is 4.65. The lowest BCUT2D eigenvalue weighted by Crippen LogP contribution is -1.97. The molecule has 0 aliphatic heterocycles. The highest BCUT2D eigenvalue weighted by Gasteiger charge is 1.98. The third-order valence-corrected chi connectivity index (χ3v) is 2.04. The van der Waals surface area contributed by atoms with Gasteiger partial charge < -0.3 is 11.1 Å². The van der Waals surface area contributed by atoms with Gasteiger partial charge in [-0.3, -0.25) is 9.97 Å². The zero-order chi connectivity index (χ0) is 10.7. The molecular formula is C11H12N4. The molecule has 4 heteroatoms. The number of hydrogen-bond acceptors (Lipinski definition) is 4. The minimum Gasteiger partial charge on any atom is -0.396 e. The van der Waals surface area contributed by atoms with Gasteiger partial charge in [-0.1, -0.05) is 0 Å². The lowest BCUT2D eigenvalue weighted by Gasteiger charge is -2.07. The Hall–Kier alpha value is -2.10. The first-order chi connectivity index (χ1) is 7.25. The molecule has 2 aromatic rings. The highest BCUT2D eigenvalue weighted by molar-refractivity contribution is 5.70. The number of aryl methyl sites for hydroxylation is 1. The summed E-state index contributed by atoms with van der Waals surface area (Å²) in [6.45, 7) is 1.95. The van der Waals surface area contributed by atoms with Gasteiger partial charge in [-0.2, -0.15) is 0 Å². The maximum Gasteiger partial charge on any atom is 0.0739 e. The van der Waals surface area contributed by atoms with Gasteiger partial charge in [0.05, 0.1) is 29.5 Å². The summed E-state index contributed by atoms with van der Waals surface area (Å²) in [6, 6.07) is 5.73. The molecule has 0 saturated carbocycles. The van der Waals surface area contributed by atoms with Crippen LogP contribution in [0.15, 0.2) is 36.8 Å². The maximum absolute atomic E-state index is 5.75. The number of nitrogens with zero attached hydrogens (tertiary/aromatic N) is 2. The van der Waals surface area contributed by atoms with Crippen molar-refractivity contribution >= 4 is 17.1 Å². The SMILES string of the molecule is Cc1ccc(Nc2ccncc2N)cn1. The van der Waals surface area contributed by atoms with E-state index in [4.69, 9.17) is 5.73 Å². The fourth-order valence-electron chi connectivity index (χ4n) is 1.22. The predicted octanol–water partition coefficient (Wildman–Crippen LogP) is 2.11. The first-order valence-corrected chi connectivity index (χ1v) is 4.65. The van der Waals surface area contributed by atoms with Crippen molar-refractivity contribution < 1.29 is 0 Å². The minimum atomic E-state index is 0.623. The van der Waals surface area contributed by atoms with Crippen LogP contribution >= 0.6 is 0 Å². The van der Waals surface area contributed by atoms with Gasteiger partial charge in [0.1, 0.15) is 0 Å². The van der Waals surface area contributed by atoms with Gasteiger partial charge in [0.25, 0.3) is 0 Å². The first kappa shape index (κ1) is 9.45. The van der Waals surface area contributed by atoms with Crippen LogP contribution in [0.4, 0.5) is 17.1 Å². The van der Waals surface area contributed by atoms with E-state index in [9.17, 15) is 0 Å². The molecule has 2 rings (SSSR count). The van der Waals surface area contributed by atoms with Crippen LogP contribution in [0.25, 0.3) is 0 Å². The van der Waals surface area contributed by atoms with E-state index in [1.165, 1.54) is 0 Å². The van der Waals surface area contributed by atoms with E-state index < -0.39 is 0 Å². The Kier molecular flexibility index (Phi) is 2.49. The van der Waals surface area contributed by atoms with Crippen molar-refractivity contribution in [3.63, 3.8) is 0 Å². The highest BCUT2D eigenvalue weighted by atomic mass is 14.9. The summed E-state index contributed by atoms with van der Waals surface area (Å²) < 4.78 is 0. The molecule has 0 unspecified atom stereocenters. The van der Waals surface area contributed by atoms with E-state index in [0.29, 0.717) is 5.69 Å². The summed E-state index contributed by atoms with van der Waals surface area (Å²) in [6.07, 6.45) is 5.08. The summed E-state index contributed by atoms with van der Waals surface area (Å²) in [5, 5.41) is 3.17. The van der Waals surface area contributed by atoms with Crippen molar-refractivity contribution in [2.24, 2.45) is 0 Å². The van der Waals surface area contributed by atoms with Crippen LogP contribution in [-0.2, 0) is 0 Å². The molecule has 0 radical (unpaired) electrons. The van der Waals surface area contributed by atoms with E-state index >= 15 is 0 Å². The van der Waals surface area contributed by atoms with Crippen molar-refractivity contribution in [1.29, 1.82) is 0 Å². The number of nitrogens with one attached hydrogen (secondary N) is 1. The fourth-order valence-corrected chi connectivity index (χ4v) is 1.22. The third kappa shape index (κ3) is 2.22. The molecule has 0 fully saturated rings. The molecule has 0 amide bonds. The van der Waals surface area contributed by atoms with Crippen molar-refractivity contribution in [3.8, 4) is 0 Å². The molecule has 0 aliphatic carbocycles. The Morgan fingerprint density at radius 1 is 1.20 bits per heavy atom. The summed E-state index contributed by atoms with van der Waals surface area (Å²) in [4.78, 5) is 8.11. The topological polar surface area (TPSA) is 63.8 Å². The second-order valence-corrected chi connectivity index (χ2v) is 3.28. The van der Waals surface area contributed by atoms with Crippen molar-refractivity contribution in [3.05, 3.63) is 42.5 Å². The average Bonchev–Trinajstić information content (AvgIpc) is 2.25. The van der Waals surface area contributed by atoms with Gasteiger partial charge in [0.15, 0.2) is 0 Å². The second-order valence-electron chi connectivity index (χ2n) is 3.28. The van der Waals surface area contributed by atoms with E-state index in [1.54, 1.807) is 18.6 Å². The predicted molar refractivity (Wildman–Crippen MR) is 60.9 cm³/mol. The standard InChI is InChI=1S/C11H12N4/c1-8-2-3-9(6-14-8)15-11-4-5-13-7-10(11)12/h2-7H,12H2,1H3,(H,13,15). The van der Waals surface area contributed by atoms with Crippen LogP contribution in [0.5, 0.6) is 0 Å². The van der Waals surface area contributed by atoms with E-state index in [1.807, 2.05) is 25.1 Å². The smallest absolute Gasteiger partial charge is 0.0739 e. The third-order valence-electron chi connectivity index (χ3n) is 2.04. The molecule has 0 spiro atoms. The molecule has 0 aliphatic rings. The largest absolute Gasteiger partial charge is 0.396 e. The van der Waals surface area contributed by atoms with Gasteiger partial charge >= 0.3 is 0 Å². The molecule has 0 aromatic carbocycles. The number of hydrogen-bond donors (Lipinski definition) is 2. The molecule has 2 aromatic heterocycles. The van der Waals surface area contributed by atoms with Gasteiger partial charge in [-0.25, -0.2) is 0 Å². The van der Waals surface area contributed by atoms with Crippen LogP contribution in [0.3, 0.4) is 0 Å². The molecule has 2 heterocycles. The number of rotatable bonds is 2. The highest BCUT2D eigenvalue weighted by Crippen LogP contribution is 2.20. The van der Waals surface area contributed by atoms with Crippen LogP contribution < -0.4 is 11.1 Å². The van der Waals surface area contributed by atoms with E-state index in [2.05, 4.69) is 15.3 Å². The Labute approximate surface area is 88.2 Å². The lowest BCUT2D eigenvalue weighted by atomic mass is 10.3. The van der Waals surface area contributed by atoms with Gasteiger partial charge in [-0.05, 0) is 25.1 Å². The Bertz CT molecular complexity index is 450. The number of aromatic nitrogens is 2. The van der Waals surface area contributed by atoms with Crippen molar-refractivity contribution in [2.45, 2.75) is 6.92 Å². The zero-order valence-electron chi connectivity index (χ0n) is 8.44. The molecule has 0 atom stereocenters. The molecule has 4 nitrogen and oxygen atoms in total. The van der Waals surface area contributed by atoms with Gasteiger partial charge in [0.2, 0.25) is 0 Å². The number of nitrogen functional groups attached to an aromatic ring is 1. The van der Waals surface area contributed by atoms with Crippen LogP contribution in [0.2, 0.25) is 0 Å². The Balaban J connectivity index is 2.22. The molecule has 76 valence electrons. The van der Waals surface area contributed by atoms with E-state index in [0.717, 1.165) is 17.1 Å². The molecule has 0 saturated heterocycles. The van der Waals surface area contributed by atoms with Gasteiger partial charge in [-0.15, -0.1) is 0 Å². The molecule has 0 bridgehead atoms. The van der Waals surface area contributed by atoms with Crippen LogP contribution in [0.1, 0.15) is 5.69 Å². The average molecular weight is 200 g/mol. The van der Waals surface area contributed by atoms with Crippen LogP contribution in [-0.4, -0.2) is 9.97 Å². The quantitative estimate of drug-likeness (QED) is 0.779. The summed E-state index contributed by atoms with van der Waals surface area (Å²) >= 11 is 0. The minimum absolute atomic E-state index is 0.623. The Morgan fingerprint density at radius 3 is 2.73 bits per heavy atom. The number of anilines is 3. The summed E-state index contributed by atoms with van der Waals surface area (Å²) in [5.41, 5.74) is 9.12. The fraction of sp³-hybridized carbons (Fsp3) is 0.0909. The maximum atomic E-state index is 5.75. The normalized spacial score (nSPS) is 9.93. The number of pyridine rings is 2. The van der Waals surface area contributed by atoms with Gasteiger partial charge in [0, 0.05) is 11.9 Å². The Morgan fingerprint density at radius 2 is 2.07 bits per heavy atom. The van der Waals surface area contributed by atoms with E-state index in [-0.39, 0.29) is 0 Å². The second kappa shape index (κ2) is 3.96. The summed E-state index contributed by atoms with van der Waals surface area (Å²) in [7, 11) is 0. The molecule has 3 N–H and O–H groups in total. The lowest BCUT2D eigenvalue weighted by molar-refractivity contribution is 1.20. The zero-order valence-corrected chi connectivity index (χ0v) is 8.44. The molecule has 15 heavy (non-hydrogen) atoms. The molecular weight excluding hydrogens is 188 g/mol.